The molecular weight excluding hydrogens is 550 g/mol. The van der Waals surface area contributed by atoms with Gasteiger partial charge >= 0.3 is 6.09 Å². The summed E-state index contributed by atoms with van der Waals surface area (Å²) >= 11 is 0. The van der Waals surface area contributed by atoms with Gasteiger partial charge in [0.05, 0.1) is 12.1 Å². The third kappa shape index (κ3) is 11.6. The number of ketones is 3. The number of carbonyl (C=O) groups is 6. The number of rotatable bonds is 17. The van der Waals surface area contributed by atoms with Crippen LogP contribution in [0.5, 0.6) is 0 Å². The Balaban J connectivity index is 1.69. The number of nitrogens with one attached hydrogen (secondary N) is 3. The summed E-state index contributed by atoms with van der Waals surface area (Å²) in [6.07, 6.45) is 3.28. The van der Waals surface area contributed by atoms with Crippen molar-refractivity contribution in [3.63, 3.8) is 0 Å². The Kier molecular flexibility index (Phi) is 12.9. The van der Waals surface area contributed by atoms with Crippen molar-refractivity contribution in [3.05, 3.63) is 35.9 Å². The van der Waals surface area contributed by atoms with Crippen LogP contribution in [0.25, 0.3) is 0 Å². The predicted octanol–water partition coefficient (Wildman–Crippen LogP) is 4.04. The van der Waals surface area contributed by atoms with Crippen LogP contribution in [0.2, 0.25) is 0 Å². The zero-order valence-corrected chi connectivity index (χ0v) is 25.9. The Morgan fingerprint density at radius 2 is 1.56 bits per heavy atom. The van der Waals surface area contributed by atoms with E-state index in [0.29, 0.717) is 25.7 Å². The van der Waals surface area contributed by atoms with Gasteiger partial charge in [-0.1, -0.05) is 58.0 Å². The summed E-state index contributed by atoms with van der Waals surface area (Å²) in [5.74, 6) is -3.37. The van der Waals surface area contributed by atoms with Crippen molar-refractivity contribution in [2.75, 3.05) is 0 Å². The fraction of sp³-hybridized carbons (Fsp3) is 0.636. The molecule has 1 aromatic rings. The lowest BCUT2D eigenvalue weighted by atomic mass is 9.87. The smallest absolute Gasteiger partial charge is 0.408 e. The van der Waals surface area contributed by atoms with Crippen LogP contribution in [0.15, 0.2) is 30.3 Å². The highest BCUT2D eigenvalue weighted by molar-refractivity contribution is 6.38. The minimum atomic E-state index is -1.15. The van der Waals surface area contributed by atoms with Crippen LogP contribution >= 0.6 is 0 Å². The van der Waals surface area contributed by atoms with Crippen molar-refractivity contribution >= 4 is 35.3 Å². The molecule has 4 atom stereocenters. The van der Waals surface area contributed by atoms with Gasteiger partial charge in [0.25, 0.3) is 5.91 Å². The molecule has 0 radical (unpaired) electrons. The Hall–Kier alpha value is -3.56. The molecule has 2 aliphatic carbocycles. The lowest BCUT2D eigenvalue weighted by Gasteiger charge is -2.26. The number of benzene rings is 1. The normalized spacial score (nSPS) is 18.6. The number of ether oxygens (including phenoxy) is 1. The summed E-state index contributed by atoms with van der Waals surface area (Å²) < 4.78 is 5.33. The summed E-state index contributed by atoms with van der Waals surface area (Å²) in [5.41, 5.74) is 0.812. The van der Waals surface area contributed by atoms with Crippen molar-refractivity contribution in [1.29, 1.82) is 0 Å². The topological polar surface area (TPSA) is 148 Å². The van der Waals surface area contributed by atoms with Gasteiger partial charge in [0.1, 0.15) is 12.4 Å². The van der Waals surface area contributed by atoms with Crippen LogP contribution < -0.4 is 16.0 Å². The monoisotopic (exact) mass is 597 g/mol. The van der Waals surface area contributed by atoms with Gasteiger partial charge in [0.15, 0.2) is 5.78 Å². The molecule has 236 valence electrons. The molecule has 43 heavy (non-hydrogen) atoms. The molecule has 0 aromatic heterocycles. The quantitative estimate of drug-likeness (QED) is 0.230. The van der Waals surface area contributed by atoms with Gasteiger partial charge in [-0.15, -0.1) is 0 Å². The molecule has 2 fully saturated rings. The first kappa shape index (κ1) is 33.9. The van der Waals surface area contributed by atoms with Gasteiger partial charge < -0.3 is 20.7 Å². The molecule has 0 saturated heterocycles. The minimum Gasteiger partial charge on any atom is -0.445 e. The molecule has 2 saturated carbocycles. The molecule has 0 unspecified atom stereocenters. The Labute approximate surface area is 254 Å². The van der Waals surface area contributed by atoms with Crippen molar-refractivity contribution < 1.29 is 33.5 Å². The fourth-order valence-electron chi connectivity index (χ4n) is 5.47. The molecule has 10 heteroatoms. The summed E-state index contributed by atoms with van der Waals surface area (Å²) in [6, 6.07) is 7.15. The van der Waals surface area contributed by atoms with E-state index in [-0.39, 0.29) is 48.9 Å². The van der Waals surface area contributed by atoms with Gasteiger partial charge in [-0.3, -0.25) is 24.0 Å². The first-order valence-corrected chi connectivity index (χ1v) is 15.6. The third-order valence-corrected chi connectivity index (χ3v) is 7.90. The SMILES string of the molecule is CC(C)C[C@H](CC(=O)[C@H](CC(C)C)NC(=O)OCc1ccccc1)C(=O)N[C@@H](C[C@@H]1CCCC1=O)C(=O)C(=O)NC1CC1. The average molecular weight is 598 g/mol. The van der Waals surface area contributed by atoms with Gasteiger partial charge in [-0.25, -0.2) is 4.79 Å². The fourth-order valence-corrected chi connectivity index (χ4v) is 5.47. The van der Waals surface area contributed by atoms with Crippen LogP contribution in [-0.2, 0) is 35.3 Å². The highest BCUT2D eigenvalue weighted by Crippen LogP contribution is 2.27. The van der Waals surface area contributed by atoms with E-state index in [2.05, 4.69) is 16.0 Å². The van der Waals surface area contributed by atoms with E-state index >= 15 is 0 Å². The van der Waals surface area contributed by atoms with Crippen LogP contribution in [0.1, 0.15) is 91.0 Å². The van der Waals surface area contributed by atoms with E-state index in [0.717, 1.165) is 24.8 Å². The van der Waals surface area contributed by atoms with E-state index in [1.165, 1.54) is 0 Å². The lowest BCUT2D eigenvalue weighted by molar-refractivity contribution is -0.141. The number of hydrogen-bond acceptors (Lipinski definition) is 7. The van der Waals surface area contributed by atoms with E-state index in [1.807, 2.05) is 58.0 Å². The zero-order valence-electron chi connectivity index (χ0n) is 25.9. The number of Topliss-reactive ketones (excluding diaryl/α,β-unsaturated/α-hetero) is 3. The molecule has 0 aliphatic heterocycles. The van der Waals surface area contributed by atoms with Gasteiger partial charge in [0.2, 0.25) is 11.7 Å². The molecule has 3 N–H and O–H groups in total. The van der Waals surface area contributed by atoms with Crippen LogP contribution in [-0.4, -0.2) is 53.4 Å². The van der Waals surface area contributed by atoms with E-state index in [1.54, 1.807) is 0 Å². The minimum absolute atomic E-state index is 0.0306. The molecule has 3 rings (SSSR count). The number of hydrogen-bond donors (Lipinski definition) is 3. The summed E-state index contributed by atoms with van der Waals surface area (Å²) in [4.78, 5) is 77.9. The maximum absolute atomic E-state index is 13.6. The molecule has 1 aromatic carbocycles. The highest BCUT2D eigenvalue weighted by Gasteiger charge is 2.37. The summed E-state index contributed by atoms with van der Waals surface area (Å²) in [7, 11) is 0. The molecule has 10 nitrogen and oxygen atoms in total. The molecule has 2 aliphatic rings. The highest BCUT2D eigenvalue weighted by atomic mass is 16.5. The van der Waals surface area contributed by atoms with Gasteiger partial charge in [0, 0.05) is 30.7 Å². The molecule has 3 amide bonds. The van der Waals surface area contributed by atoms with Crippen molar-refractivity contribution in [2.45, 2.75) is 110 Å². The summed E-state index contributed by atoms with van der Waals surface area (Å²) in [5, 5.41) is 8.10. The van der Waals surface area contributed by atoms with Crippen LogP contribution in [0.4, 0.5) is 4.79 Å². The van der Waals surface area contributed by atoms with Crippen LogP contribution in [0.3, 0.4) is 0 Å². The summed E-state index contributed by atoms with van der Waals surface area (Å²) in [6.45, 7) is 7.78. The predicted molar refractivity (Wildman–Crippen MR) is 161 cm³/mol. The molecular formula is C33H47N3O7. The maximum Gasteiger partial charge on any atom is 0.408 e. The zero-order chi connectivity index (χ0) is 31.5. The van der Waals surface area contributed by atoms with Gasteiger partial charge in [-0.2, -0.15) is 0 Å². The average Bonchev–Trinajstić information content (AvgIpc) is 3.68. The molecule has 0 heterocycles. The van der Waals surface area contributed by atoms with E-state index < -0.39 is 47.6 Å². The van der Waals surface area contributed by atoms with Crippen molar-refractivity contribution in [2.24, 2.45) is 23.7 Å². The second kappa shape index (κ2) is 16.3. The third-order valence-electron chi connectivity index (χ3n) is 7.90. The first-order valence-electron chi connectivity index (χ1n) is 15.6. The maximum atomic E-state index is 13.6. The van der Waals surface area contributed by atoms with Crippen molar-refractivity contribution in [3.8, 4) is 0 Å². The second-order valence-electron chi connectivity index (χ2n) is 12.8. The van der Waals surface area contributed by atoms with Crippen molar-refractivity contribution in [1.82, 2.24) is 16.0 Å². The van der Waals surface area contributed by atoms with E-state index in [4.69, 9.17) is 4.74 Å². The van der Waals surface area contributed by atoms with Gasteiger partial charge in [-0.05, 0) is 62.3 Å². The number of amides is 3. The van der Waals surface area contributed by atoms with E-state index in [9.17, 15) is 28.8 Å². The Bertz CT molecular complexity index is 1150. The standard InChI is InChI=1S/C33H47N3O7/c1-20(2)15-24(18-29(38)26(16-21(3)4)36-33(42)43-19-22-9-6-5-7-10-22)31(40)35-27(17-23-11-8-12-28(23)37)30(39)32(41)34-25-13-14-25/h5-7,9-10,20-21,23-27H,8,11-19H2,1-4H3,(H,34,41)(H,35,40)(H,36,42)/t23-,24+,26-,27-/m0/s1. The molecule has 0 spiro atoms. The Morgan fingerprint density at radius 3 is 2.14 bits per heavy atom. The second-order valence-corrected chi connectivity index (χ2v) is 12.8. The lowest BCUT2D eigenvalue weighted by Crippen LogP contribution is -2.51. The largest absolute Gasteiger partial charge is 0.445 e. The van der Waals surface area contributed by atoms with Crippen LogP contribution in [0, 0.1) is 23.7 Å². The molecule has 0 bridgehead atoms. The number of alkyl carbamates (subject to hydrolysis) is 1. The number of carbonyl (C=O) groups excluding carboxylic acids is 6. The first-order chi connectivity index (χ1) is 20.4. The Morgan fingerprint density at radius 1 is 0.884 bits per heavy atom.